The van der Waals surface area contributed by atoms with Crippen LogP contribution in [-0.2, 0) is 6.42 Å². The highest BCUT2D eigenvalue weighted by atomic mass is 35.5. The van der Waals surface area contributed by atoms with Crippen LogP contribution in [0.4, 0.5) is 4.39 Å². The van der Waals surface area contributed by atoms with Crippen molar-refractivity contribution >= 4 is 11.6 Å². The third kappa shape index (κ3) is 3.43. The van der Waals surface area contributed by atoms with Gasteiger partial charge in [0.15, 0.2) is 0 Å². The molecule has 0 radical (unpaired) electrons. The van der Waals surface area contributed by atoms with Gasteiger partial charge >= 0.3 is 0 Å². The number of rotatable bonds is 6. The number of halogens is 2. The van der Waals surface area contributed by atoms with Crippen LogP contribution in [0.3, 0.4) is 0 Å². The molecule has 0 heterocycles. The Morgan fingerprint density at radius 2 is 2.19 bits per heavy atom. The molecule has 1 aromatic carbocycles. The zero-order chi connectivity index (χ0) is 14.8. The van der Waals surface area contributed by atoms with Gasteiger partial charge in [0.1, 0.15) is 5.82 Å². The maximum absolute atomic E-state index is 14.0. The lowest BCUT2D eigenvalue weighted by Gasteiger charge is -2.27. The van der Waals surface area contributed by atoms with Crippen molar-refractivity contribution in [3.05, 3.63) is 34.6 Å². The largest absolute Gasteiger partial charge is 0.314 e. The number of hydrogen-bond donors (Lipinski definition) is 1. The van der Waals surface area contributed by atoms with E-state index in [1.54, 1.807) is 12.1 Å². The normalized spacial score (nSPS) is 29.0. The molecular weight excluding hydrogens is 285 g/mol. The second-order valence-corrected chi connectivity index (χ2v) is 7.24. The molecule has 1 aromatic rings. The molecule has 21 heavy (non-hydrogen) atoms. The van der Waals surface area contributed by atoms with Crippen molar-refractivity contribution < 1.29 is 4.39 Å². The molecule has 0 saturated heterocycles. The predicted octanol–water partition coefficient (Wildman–Crippen LogP) is 4.83. The Morgan fingerprint density at radius 3 is 2.81 bits per heavy atom. The van der Waals surface area contributed by atoms with E-state index in [1.807, 2.05) is 0 Å². The van der Waals surface area contributed by atoms with Crippen LogP contribution in [0.25, 0.3) is 0 Å². The van der Waals surface area contributed by atoms with E-state index in [0.717, 1.165) is 24.3 Å². The van der Waals surface area contributed by atoms with Crippen LogP contribution in [0, 0.1) is 23.6 Å². The molecule has 2 fully saturated rings. The minimum Gasteiger partial charge on any atom is -0.314 e. The highest BCUT2D eigenvalue weighted by Crippen LogP contribution is 2.50. The lowest BCUT2D eigenvalue weighted by Crippen LogP contribution is -2.34. The fourth-order valence-electron chi connectivity index (χ4n) is 4.53. The summed E-state index contributed by atoms with van der Waals surface area (Å²) in [5.74, 6) is 2.56. The number of benzene rings is 1. The second-order valence-electron chi connectivity index (χ2n) is 6.83. The van der Waals surface area contributed by atoms with E-state index in [2.05, 4.69) is 12.2 Å². The first-order valence-corrected chi connectivity index (χ1v) is 8.71. The lowest BCUT2D eigenvalue weighted by atomic mass is 9.83. The molecule has 2 bridgehead atoms. The van der Waals surface area contributed by atoms with Gasteiger partial charge in [0.05, 0.1) is 0 Å². The van der Waals surface area contributed by atoms with E-state index in [0.29, 0.717) is 23.0 Å². The summed E-state index contributed by atoms with van der Waals surface area (Å²) in [4.78, 5) is 0. The summed E-state index contributed by atoms with van der Waals surface area (Å²) in [6, 6.07) is 5.33. The van der Waals surface area contributed by atoms with Crippen LogP contribution >= 0.6 is 11.6 Å². The van der Waals surface area contributed by atoms with Crippen molar-refractivity contribution in [3.8, 4) is 0 Å². The van der Waals surface area contributed by atoms with Crippen molar-refractivity contribution in [3.63, 3.8) is 0 Å². The topological polar surface area (TPSA) is 12.0 Å². The van der Waals surface area contributed by atoms with Gasteiger partial charge in [-0.25, -0.2) is 4.39 Å². The molecule has 0 spiro atoms. The molecule has 2 aliphatic rings. The Labute approximate surface area is 132 Å². The van der Waals surface area contributed by atoms with E-state index in [-0.39, 0.29) is 5.82 Å². The third-order valence-electron chi connectivity index (χ3n) is 5.48. The van der Waals surface area contributed by atoms with Crippen LogP contribution in [0.5, 0.6) is 0 Å². The molecule has 4 unspecified atom stereocenters. The molecule has 0 aromatic heterocycles. The Bertz CT molecular complexity index is 470. The molecule has 116 valence electrons. The van der Waals surface area contributed by atoms with Crippen molar-refractivity contribution in [2.24, 2.45) is 17.8 Å². The zero-order valence-corrected chi connectivity index (χ0v) is 13.5. The summed E-state index contributed by atoms with van der Waals surface area (Å²) in [6.07, 6.45) is 7.54. The van der Waals surface area contributed by atoms with Gasteiger partial charge in [0, 0.05) is 16.6 Å². The molecule has 2 aliphatic carbocycles. The van der Waals surface area contributed by atoms with E-state index >= 15 is 0 Å². The van der Waals surface area contributed by atoms with Crippen molar-refractivity contribution in [2.75, 3.05) is 6.54 Å². The van der Waals surface area contributed by atoms with Gasteiger partial charge in [-0.2, -0.15) is 0 Å². The maximum atomic E-state index is 14.0. The Kier molecular flexibility index (Phi) is 4.85. The minimum atomic E-state index is -0.168. The standard InChI is InChI=1S/C18H25ClFN/c1-2-21-15(10-14-9-12-6-7-13(14)8-12)11-16-17(19)4-3-5-18(16)20/h3-5,12-15,21H,2,6-11H2,1H3. The molecule has 1 nitrogen and oxygen atoms in total. The van der Waals surface area contributed by atoms with Gasteiger partial charge in [-0.15, -0.1) is 0 Å². The molecule has 1 N–H and O–H groups in total. The van der Waals surface area contributed by atoms with Gasteiger partial charge in [0.25, 0.3) is 0 Å². The summed E-state index contributed by atoms with van der Waals surface area (Å²) in [5, 5.41) is 4.11. The summed E-state index contributed by atoms with van der Waals surface area (Å²) < 4.78 is 14.0. The Balaban J connectivity index is 1.67. The maximum Gasteiger partial charge on any atom is 0.127 e. The monoisotopic (exact) mass is 309 g/mol. The summed E-state index contributed by atoms with van der Waals surface area (Å²) >= 11 is 6.19. The second kappa shape index (κ2) is 6.66. The SMILES string of the molecule is CCNC(Cc1c(F)cccc1Cl)CC1CC2CCC1C2. The highest BCUT2D eigenvalue weighted by molar-refractivity contribution is 6.31. The summed E-state index contributed by atoms with van der Waals surface area (Å²) in [5.41, 5.74) is 0.674. The van der Waals surface area contributed by atoms with Gasteiger partial charge in [-0.3, -0.25) is 0 Å². The van der Waals surface area contributed by atoms with Crippen molar-refractivity contribution in [1.29, 1.82) is 0 Å². The first-order valence-electron chi connectivity index (χ1n) is 8.33. The smallest absolute Gasteiger partial charge is 0.127 e. The van der Waals surface area contributed by atoms with Crippen LogP contribution in [0.2, 0.25) is 5.02 Å². The Hall–Kier alpha value is -0.600. The fourth-order valence-corrected chi connectivity index (χ4v) is 4.77. The number of nitrogens with one attached hydrogen (secondary N) is 1. The lowest BCUT2D eigenvalue weighted by molar-refractivity contribution is 0.277. The number of likely N-dealkylation sites (N-methyl/N-ethyl adjacent to an activating group) is 1. The van der Waals surface area contributed by atoms with E-state index < -0.39 is 0 Å². The average Bonchev–Trinajstić information content (AvgIpc) is 3.05. The first kappa shape index (κ1) is 15.3. The van der Waals surface area contributed by atoms with Gasteiger partial charge in [-0.05, 0) is 68.5 Å². The van der Waals surface area contributed by atoms with Crippen LogP contribution in [0.1, 0.15) is 44.6 Å². The van der Waals surface area contributed by atoms with E-state index in [4.69, 9.17) is 11.6 Å². The van der Waals surface area contributed by atoms with E-state index in [9.17, 15) is 4.39 Å². The van der Waals surface area contributed by atoms with Crippen LogP contribution in [0.15, 0.2) is 18.2 Å². The fraction of sp³-hybridized carbons (Fsp3) is 0.667. The molecular formula is C18H25ClFN. The molecule has 0 aliphatic heterocycles. The summed E-state index contributed by atoms with van der Waals surface area (Å²) in [7, 11) is 0. The zero-order valence-electron chi connectivity index (χ0n) is 12.7. The molecule has 4 atom stereocenters. The molecule has 3 rings (SSSR count). The predicted molar refractivity (Wildman–Crippen MR) is 86.1 cm³/mol. The number of fused-ring (bicyclic) bond motifs is 2. The quantitative estimate of drug-likeness (QED) is 0.794. The number of hydrogen-bond acceptors (Lipinski definition) is 1. The van der Waals surface area contributed by atoms with Crippen LogP contribution < -0.4 is 5.32 Å². The first-order chi connectivity index (χ1) is 10.2. The average molecular weight is 310 g/mol. The highest BCUT2D eigenvalue weighted by Gasteiger charge is 2.40. The Morgan fingerprint density at radius 1 is 1.33 bits per heavy atom. The van der Waals surface area contributed by atoms with Gasteiger partial charge < -0.3 is 5.32 Å². The minimum absolute atomic E-state index is 0.168. The van der Waals surface area contributed by atoms with Crippen molar-refractivity contribution in [1.82, 2.24) is 5.32 Å². The third-order valence-corrected chi connectivity index (χ3v) is 5.83. The van der Waals surface area contributed by atoms with Crippen molar-refractivity contribution in [2.45, 2.75) is 51.5 Å². The summed E-state index contributed by atoms with van der Waals surface area (Å²) in [6.45, 7) is 3.05. The van der Waals surface area contributed by atoms with Gasteiger partial charge in [-0.1, -0.05) is 31.0 Å². The van der Waals surface area contributed by atoms with E-state index in [1.165, 1.54) is 38.2 Å². The van der Waals surface area contributed by atoms with Gasteiger partial charge in [0.2, 0.25) is 0 Å². The van der Waals surface area contributed by atoms with Crippen LogP contribution in [-0.4, -0.2) is 12.6 Å². The molecule has 2 saturated carbocycles. The molecule has 0 amide bonds. The molecule has 3 heteroatoms.